The maximum Gasteiger partial charge on any atom is 0.325 e. The average molecular weight is 527 g/mol. The molecule has 35 heavy (non-hydrogen) atoms. The Bertz CT molecular complexity index is 1290. The minimum Gasteiger partial charge on any atom is -0.489 e. The summed E-state index contributed by atoms with van der Waals surface area (Å²) in [6.45, 7) is 0.131. The maximum atomic E-state index is 13.4. The van der Waals surface area contributed by atoms with Gasteiger partial charge in [-0.1, -0.05) is 53.5 Å². The summed E-state index contributed by atoms with van der Waals surface area (Å²) in [4.78, 5) is 28.2. The van der Waals surface area contributed by atoms with Crippen LogP contribution in [0.15, 0.2) is 78.5 Å². The summed E-state index contributed by atoms with van der Waals surface area (Å²) in [5.41, 5.74) is 2.41. The zero-order valence-corrected chi connectivity index (χ0v) is 20.9. The van der Waals surface area contributed by atoms with Crippen LogP contribution in [-0.4, -0.2) is 35.5 Å². The average Bonchev–Trinajstić information content (AvgIpc) is 3.08. The first-order valence-corrected chi connectivity index (χ1v) is 11.7. The van der Waals surface area contributed by atoms with Gasteiger partial charge in [-0.2, -0.15) is 0 Å². The Morgan fingerprint density at radius 2 is 1.69 bits per heavy atom. The summed E-state index contributed by atoms with van der Waals surface area (Å²) in [5.74, 6) is -0.234. The molecule has 1 saturated heterocycles. The number of esters is 1. The van der Waals surface area contributed by atoms with E-state index in [-0.39, 0.29) is 23.3 Å². The van der Waals surface area contributed by atoms with Crippen molar-refractivity contribution in [2.24, 2.45) is 0 Å². The molecule has 1 amide bonds. The fourth-order valence-electron chi connectivity index (χ4n) is 3.44. The number of rotatable bonds is 7. The van der Waals surface area contributed by atoms with Crippen LogP contribution in [0, 0.1) is 0 Å². The number of hydrogen-bond donors (Lipinski definition) is 0. The Labute approximate surface area is 218 Å². The predicted molar refractivity (Wildman–Crippen MR) is 140 cm³/mol. The topological polar surface area (TPSA) is 59.1 Å². The molecule has 1 heterocycles. The molecular weight excluding hydrogens is 507 g/mol. The molecule has 0 N–H and O–H groups in total. The quantitative estimate of drug-likeness (QED) is 0.223. The van der Waals surface area contributed by atoms with Crippen LogP contribution in [0.4, 0.5) is 5.69 Å². The molecule has 3 aromatic carbocycles. The molecule has 3 aromatic rings. The lowest BCUT2D eigenvalue weighted by Gasteiger charge is -2.19. The zero-order chi connectivity index (χ0) is 24.9. The molecule has 0 saturated carbocycles. The first-order valence-electron chi connectivity index (χ1n) is 10.5. The third kappa shape index (κ3) is 5.65. The van der Waals surface area contributed by atoms with Gasteiger partial charge in [0, 0.05) is 15.6 Å². The summed E-state index contributed by atoms with van der Waals surface area (Å²) < 4.78 is 10.6. The molecule has 1 fully saturated rings. The van der Waals surface area contributed by atoms with Crippen molar-refractivity contribution in [1.82, 2.24) is 4.90 Å². The van der Waals surface area contributed by atoms with Crippen molar-refractivity contribution in [2.45, 2.75) is 6.61 Å². The van der Waals surface area contributed by atoms with Crippen LogP contribution in [0.5, 0.6) is 5.75 Å². The highest BCUT2D eigenvalue weighted by Crippen LogP contribution is 2.30. The molecule has 0 unspecified atom stereocenters. The molecule has 6 nitrogen and oxygen atoms in total. The van der Waals surface area contributed by atoms with E-state index in [2.05, 4.69) is 0 Å². The molecule has 1 aliphatic heterocycles. The van der Waals surface area contributed by atoms with Gasteiger partial charge in [0.2, 0.25) is 0 Å². The number of methoxy groups -OCH3 is 1. The number of nitrogens with zero attached hydrogens (tertiary/aromatic N) is 2. The van der Waals surface area contributed by atoms with Crippen LogP contribution in [0.1, 0.15) is 11.1 Å². The van der Waals surface area contributed by atoms with Gasteiger partial charge in [0.15, 0.2) is 5.11 Å². The molecule has 178 valence electrons. The minimum atomic E-state index is -0.521. The SMILES string of the molecule is COC(=O)CN1C(=S)N(c2ccc(Cl)cc2)C(=O)/C1=C/c1ccc(OCc2ccccc2Cl)cc1. The highest BCUT2D eigenvalue weighted by Gasteiger charge is 2.40. The number of carbonyl (C=O) groups is 2. The lowest BCUT2D eigenvalue weighted by molar-refractivity contribution is -0.140. The summed E-state index contributed by atoms with van der Waals surface area (Å²) >= 11 is 17.7. The number of anilines is 1. The van der Waals surface area contributed by atoms with E-state index in [0.29, 0.717) is 28.1 Å². The van der Waals surface area contributed by atoms with E-state index in [9.17, 15) is 9.59 Å². The molecule has 0 atom stereocenters. The van der Waals surface area contributed by atoms with E-state index in [1.54, 1.807) is 42.5 Å². The van der Waals surface area contributed by atoms with Gasteiger partial charge in [-0.05, 0) is 66.3 Å². The van der Waals surface area contributed by atoms with Crippen LogP contribution in [0.25, 0.3) is 6.08 Å². The Kier molecular flexibility index (Phi) is 7.70. The van der Waals surface area contributed by atoms with Crippen molar-refractivity contribution in [1.29, 1.82) is 0 Å². The van der Waals surface area contributed by atoms with Gasteiger partial charge in [0.05, 0.1) is 12.8 Å². The van der Waals surface area contributed by atoms with Crippen LogP contribution < -0.4 is 9.64 Å². The fourth-order valence-corrected chi connectivity index (χ4v) is 4.11. The van der Waals surface area contributed by atoms with Crippen LogP contribution in [0.2, 0.25) is 10.0 Å². The number of halogens is 2. The molecule has 9 heteroatoms. The third-order valence-corrected chi connectivity index (χ3v) is 6.29. The normalized spacial score (nSPS) is 14.5. The van der Waals surface area contributed by atoms with Crippen molar-refractivity contribution < 1.29 is 19.1 Å². The van der Waals surface area contributed by atoms with Gasteiger partial charge in [-0.3, -0.25) is 14.5 Å². The van der Waals surface area contributed by atoms with Crippen LogP contribution in [-0.2, 0) is 20.9 Å². The molecule has 0 aliphatic carbocycles. The molecule has 1 aliphatic rings. The van der Waals surface area contributed by atoms with Gasteiger partial charge in [0.25, 0.3) is 5.91 Å². The number of hydrogen-bond acceptors (Lipinski definition) is 5. The van der Waals surface area contributed by atoms with E-state index in [1.807, 2.05) is 36.4 Å². The standard InChI is InChI=1S/C26H20Cl2N2O4S/c1-33-24(31)15-29-23(25(32)30(26(29)35)20-10-8-19(27)9-11-20)14-17-6-12-21(13-7-17)34-16-18-4-2-3-5-22(18)28/h2-14H,15-16H2,1H3/b23-14-. The molecule has 0 bridgehead atoms. The Morgan fingerprint density at radius 1 is 1.00 bits per heavy atom. The largest absolute Gasteiger partial charge is 0.489 e. The van der Waals surface area contributed by atoms with Gasteiger partial charge in [-0.25, -0.2) is 0 Å². The smallest absolute Gasteiger partial charge is 0.325 e. The summed E-state index contributed by atoms with van der Waals surface area (Å²) in [6, 6.07) is 21.4. The monoisotopic (exact) mass is 526 g/mol. The lowest BCUT2D eigenvalue weighted by Crippen LogP contribution is -2.35. The van der Waals surface area contributed by atoms with Crippen molar-refractivity contribution in [2.75, 3.05) is 18.6 Å². The number of benzene rings is 3. The van der Waals surface area contributed by atoms with Gasteiger partial charge in [0.1, 0.15) is 24.6 Å². The Hall–Kier alpha value is -3.39. The van der Waals surface area contributed by atoms with Crippen molar-refractivity contribution >= 4 is 64.2 Å². The van der Waals surface area contributed by atoms with E-state index >= 15 is 0 Å². The second-order valence-corrected chi connectivity index (χ2v) is 8.75. The van der Waals surface area contributed by atoms with Crippen molar-refractivity contribution in [3.05, 3.63) is 99.7 Å². The highest BCUT2D eigenvalue weighted by atomic mass is 35.5. The zero-order valence-electron chi connectivity index (χ0n) is 18.6. The van der Waals surface area contributed by atoms with E-state index < -0.39 is 5.97 Å². The van der Waals surface area contributed by atoms with Crippen LogP contribution in [0.3, 0.4) is 0 Å². The van der Waals surface area contributed by atoms with Gasteiger partial charge in [-0.15, -0.1) is 0 Å². The first-order chi connectivity index (χ1) is 16.9. The third-order valence-electron chi connectivity index (χ3n) is 5.27. The number of thiocarbonyl (C=S) groups is 1. The second-order valence-electron chi connectivity index (χ2n) is 7.54. The maximum absolute atomic E-state index is 13.4. The number of carbonyl (C=O) groups excluding carboxylic acids is 2. The van der Waals surface area contributed by atoms with E-state index in [1.165, 1.54) is 16.9 Å². The fraction of sp³-hybridized carbons (Fsp3) is 0.115. The molecule has 0 aromatic heterocycles. The second kappa shape index (κ2) is 10.9. The Balaban J connectivity index is 1.58. The van der Waals surface area contributed by atoms with E-state index in [0.717, 1.165) is 11.1 Å². The van der Waals surface area contributed by atoms with Crippen molar-refractivity contribution in [3.8, 4) is 5.75 Å². The van der Waals surface area contributed by atoms with Gasteiger partial charge < -0.3 is 14.4 Å². The molecule has 4 rings (SSSR count). The lowest BCUT2D eigenvalue weighted by atomic mass is 10.1. The van der Waals surface area contributed by atoms with E-state index in [4.69, 9.17) is 44.9 Å². The van der Waals surface area contributed by atoms with Crippen LogP contribution >= 0.6 is 35.4 Å². The Morgan fingerprint density at radius 3 is 2.34 bits per heavy atom. The van der Waals surface area contributed by atoms with Gasteiger partial charge >= 0.3 is 5.97 Å². The number of amides is 1. The number of ether oxygens (including phenoxy) is 2. The summed E-state index contributed by atoms with van der Waals surface area (Å²) in [5, 5.41) is 1.35. The summed E-state index contributed by atoms with van der Waals surface area (Å²) in [6.07, 6.45) is 1.67. The molecular formula is C26H20Cl2N2O4S. The van der Waals surface area contributed by atoms with Crippen molar-refractivity contribution in [3.63, 3.8) is 0 Å². The predicted octanol–water partition coefficient (Wildman–Crippen LogP) is 5.72. The summed E-state index contributed by atoms with van der Waals surface area (Å²) in [7, 11) is 1.28. The molecule has 0 spiro atoms. The molecule has 0 radical (unpaired) electrons. The first kappa shape index (κ1) is 24.7. The highest BCUT2D eigenvalue weighted by molar-refractivity contribution is 7.80. The minimum absolute atomic E-state index is 0.175.